The number of carbonyl (C=O) groups excluding carboxylic acids is 1. The number of nitrogens with zero attached hydrogens (tertiary/aromatic N) is 2. The van der Waals surface area contributed by atoms with Gasteiger partial charge in [-0.25, -0.2) is 0 Å². The number of aliphatic hydroxyl groups excluding tert-OH is 1. The van der Waals surface area contributed by atoms with Gasteiger partial charge in [-0.3, -0.25) is 4.79 Å². The lowest BCUT2D eigenvalue weighted by molar-refractivity contribution is -0.154. The molecule has 1 aliphatic heterocycles. The number of likely N-dealkylation sites (tertiary alicyclic amines) is 1. The van der Waals surface area contributed by atoms with Gasteiger partial charge in [0.2, 0.25) is 5.91 Å². The second-order valence-corrected chi connectivity index (χ2v) is 7.43. The van der Waals surface area contributed by atoms with Crippen LogP contribution in [0.3, 0.4) is 0 Å². The van der Waals surface area contributed by atoms with E-state index in [1.165, 1.54) is 17.6 Å². The summed E-state index contributed by atoms with van der Waals surface area (Å²) in [5.74, 6) is 0.0148. The first kappa shape index (κ1) is 16.4. The van der Waals surface area contributed by atoms with Crippen LogP contribution in [0.5, 0.6) is 0 Å². The van der Waals surface area contributed by atoms with Gasteiger partial charge in [0.1, 0.15) is 6.04 Å². The molecule has 3 atom stereocenters. The zero-order valence-electron chi connectivity index (χ0n) is 14.4. The molecule has 0 unspecified atom stereocenters. The van der Waals surface area contributed by atoms with E-state index < -0.39 is 6.04 Å². The predicted molar refractivity (Wildman–Crippen MR) is 95.5 cm³/mol. The molecule has 0 spiro atoms. The molecular formula is C21H24N2O2. The van der Waals surface area contributed by atoms with E-state index in [9.17, 15) is 15.2 Å². The molecule has 2 aliphatic carbocycles. The Balaban J connectivity index is 1.66. The quantitative estimate of drug-likeness (QED) is 0.918. The number of nitriles is 1. The van der Waals surface area contributed by atoms with Gasteiger partial charge in [0.15, 0.2) is 0 Å². The molecule has 25 heavy (non-hydrogen) atoms. The molecule has 2 fully saturated rings. The lowest BCUT2D eigenvalue weighted by Gasteiger charge is -2.53. The number of rotatable bonds is 4. The summed E-state index contributed by atoms with van der Waals surface area (Å²) in [6, 6.07) is 9.81. The van der Waals surface area contributed by atoms with Crippen LogP contribution in [0, 0.1) is 17.2 Å². The number of aliphatic hydroxyl groups is 1. The van der Waals surface area contributed by atoms with Gasteiger partial charge in [-0.1, -0.05) is 36.8 Å². The Kier molecular flexibility index (Phi) is 4.35. The van der Waals surface area contributed by atoms with E-state index in [0.717, 1.165) is 37.7 Å². The van der Waals surface area contributed by atoms with Crippen molar-refractivity contribution >= 4 is 11.5 Å². The first-order valence-corrected chi connectivity index (χ1v) is 9.37. The van der Waals surface area contributed by atoms with Gasteiger partial charge in [-0.15, -0.1) is 0 Å². The second-order valence-electron chi connectivity index (χ2n) is 7.43. The van der Waals surface area contributed by atoms with E-state index in [-0.39, 0.29) is 30.4 Å². The maximum absolute atomic E-state index is 12.7. The van der Waals surface area contributed by atoms with Gasteiger partial charge in [0.05, 0.1) is 18.7 Å². The maximum Gasteiger partial charge on any atom is 0.227 e. The van der Waals surface area contributed by atoms with E-state index in [1.807, 2.05) is 12.1 Å². The molecule has 4 heteroatoms. The third kappa shape index (κ3) is 2.58. The van der Waals surface area contributed by atoms with Gasteiger partial charge in [-0.05, 0) is 48.8 Å². The van der Waals surface area contributed by atoms with Crippen LogP contribution < -0.4 is 0 Å². The van der Waals surface area contributed by atoms with Crippen LogP contribution in [0.2, 0.25) is 0 Å². The minimum Gasteiger partial charge on any atom is -0.394 e. The summed E-state index contributed by atoms with van der Waals surface area (Å²) in [6.45, 7) is -0.0886. The summed E-state index contributed by atoms with van der Waals surface area (Å²) in [6.07, 6.45) is 8.54. The smallest absolute Gasteiger partial charge is 0.227 e. The van der Waals surface area contributed by atoms with Crippen molar-refractivity contribution in [3.8, 4) is 6.07 Å². The molecule has 1 saturated heterocycles. The summed E-state index contributed by atoms with van der Waals surface area (Å²) >= 11 is 0. The van der Waals surface area contributed by atoms with Crippen molar-refractivity contribution < 1.29 is 9.90 Å². The topological polar surface area (TPSA) is 64.3 Å². The summed E-state index contributed by atoms with van der Waals surface area (Å²) in [7, 11) is 0. The summed E-state index contributed by atoms with van der Waals surface area (Å²) in [5.41, 5.74) is 3.64. The van der Waals surface area contributed by atoms with Crippen molar-refractivity contribution in [2.45, 2.75) is 56.5 Å². The van der Waals surface area contributed by atoms with Gasteiger partial charge >= 0.3 is 0 Å². The molecule has 1 saturated carbocycles. The van der Waals surface area contributed by atoms with Crippen LogP contribution >= 0.6 is 0 Å². The number of benzene rings is 1. The van der Waals surface area contributed by atoms with Gasteiger partial charge < -0.3 is 10.0 Å². The Labute approximate surface area is 148 Å². The van der Waals surface area contributed by atoms with E-state index in [1.54, 1.807) is 4.90 Å². The maximum atomic E-state index is 12.7. The number of hydrogen-bond acceptors (Lipinski definition) is 3. The highest BCUT2D eigenvalue weighted by Crippen LogP contribution is 2.46. The first-order chi connectivity index (χ1) is 12.3. The van der Waals surface area contributed by atoms with Crippen molar-refractivity contribution in [1.29, 1.82) is 5.26 Å². The minimum absolute atomic E-state index is 0.0543. The predicted octanol–water partition coefficient (Wildman–Crippen LogP) is 3.23. The zero-order valence-corrected chi connectivity index (χ0v) is 14.4. The number of carbonyl (C=O) groups is 1. The lowest BCUT2D eigenvalue weighted by Crippen LogP contribution is -2.66. The zero-order chi connectivity index (χ0) is 17.4. The molecule has 1 aromatic rings. The number of hydrogen-bond donors (Lipinski definition) is 1. The average molecular weight is 336 g/mol. The van der Waals surface area contributed by atoms with Gasteiger partial charge in [0.25, 0.3) is 0 Å². The first-order valence-electron chi connectivity index (χ1n) is 9.37. The number of amides is 1. The standard InChI is InChI=1S/C21H24N2O2/c22-12-18-20(19(13-24)23(18)21(25)15-8-5-9-15)17-11-4-3-10-16(17)14-6-1-2-7-14/h3-4,6,10-11,15,18-20,24H,1-2,5,7-9,13H2/t18-,19-,20+/m1/s1. The third-order valence-corrected chi connectivity index (χ3v) is 6.15. The fourth-order valence-electron chi connectivity index (χ4n) is 4.54. The molecule has 4 nitrogen and oxygen atoms in total. The molecule has 1 amide bonds. The average Bonchev–Trinajstić information content (AvgIpc) is 3.08. The summed E-state index contributed by atoms with van der Waals surface area (Å²) in [4.78, 5) is 14.4. The largest absolute Gasteiger partial charge is 0.394 e. The Bertz CT molecular complexity index is 745. The number of allylic oxidation sites excluding steroid dienone is 2. The highest BCUT2D eigenvalue weighted by atomic mass is 16.3. The lowest BCUT2D eigenvalue weighted by atomic mass is 9.71. The van der Waals surface area contributed by atoms with Crippen LogP contribution in [0.1, 0.15) is 55.6 Å². The molecule has 1 heterocycles. The molecule has 3 aliphatic rings. The van der Waals surface area contributed by atoms with Crippen molar-refractivity contribution in [3.05, 3.63) is 41.5 Å². The van der Waals surface area contributed by atoms with E-state index in [2.05, 4.69) is 24.3 Å². The van der Waals surface area contributed by atoms with E-state index in [4.69, 9.17) is 0 Å². The molecule has 0 aromatic heterocycles. The molecule has 1 aromatic carbocycles. The molecule has 0 bridgehead atoms. The molecule has 0 radical (unpaired) electrons. The third-order valence-electron chi connectivity index (χ3n) is 6.15. The summed E-state index contributed by atoms with van der Waals surface area (Å²) in [5, 5.41) is 19.7. The van der Waals surface area contributed by atoms with Crippen molar-refractivity contribution in [1.82, 2.24) is 4.90 Å². The van der Waals surface area contributed by atoms with Crippen molar-refractivity contribution in [2.24, 2.45) is 5.92 Å². The van der Waals surface area contributed by atoms with Gasteiger partial charge in [-0.2, -0.15) is 5.26 Å². The summed E-state index contributed by atoms with van der Waals surface area (Å²) < 4.78 is 0. The molecule has 4 rings (SSSR count). The Morgan fingerprint density at radius 2 is 2.08 bits per heavy atom. The highest BCUT2D eigenvalue weighted by molar-refractivity contribution is 5.82. The second kappa shape index (κ2) is 6.65. The Hall–Kier alpha value is -2.12. The normalized spacial score (nSPS) is 28.7. The SMILES string of the molecule is N#C[C@@H]1[C@H](c2ccccc2C2=CCCC2)[C@@H](CO)N1C(=O)C1CCC1. The van der Waals surface area contributed by atoms with Crippen LogP contribution in [0.25, 0.3) is 5.57 Å². The van der Waals surface area contributed by atoms with Crippen LogP contribution in [-0.2, 0) is 4.79 Å². The van der Waals surface area contributed by atoms with Crippen molar-refractivity contribution in [3.63, 3.8) is 0 Å². The van der Waals surface area contributed by atoms with Crippen LogP contribution in [-0.4, -0.2) is 34.6 Å². The fraction of sp³-hybridized carbons (Fsp3) is 0.524. The highest BCUT2D eigenvalue weighted by Gasteiger charge is 2.53. The van der Waals surface area contributed by atoms with E-state index >= 15 is 0 Å². The van der Waals surface area contributed by atoms with Crippen LogP contribution in [0.4, 0.5) is 0 Å². The monoisotopic (exact) mass is 336 g/mol. The minimum atomic E-state index is -0.464. The molecule has 130 valence electrons. The Morgan fingerprint density at radius 1 is 1.28 bits per heavy atom. The van der Waals surface area contributed by atoms with E-state index in [0.29, 0.717) is 0 Å². The fourth-order valence-corrected chi connectivity index (χ4v) is 4.54. The van der Waals surface area contributed by atoms with Crippen molar-refractivity contribution in [2.75, 3.05) is 6.61 Å². The molecule has 1 N–H and O–H groups in total. The van der Waals surface area contributed by atoms with Gasteiger partial charge in [0, 0.05) is 11.8 Å². The van der Waals surface area contributed by atoms with Crippen LogP contribution in [0.15, 0.2) is 30.3 Å². The Morgan fingerprint density at radius 3 is 2.68 bits per heavy atom. The molecular weight excluding hydrogens is 312 g/mol.